The normalized spacial score (nSPS) is 18.6. The van der Waals surface area contributed by atoms with Crippen molar-refractivity contribution in [3.63, 3.8) is 0 Å². The van der Waals surface area contributed by atoms with Gasteiger partial charge >= 0.3 is 6.18 Å². The predicted octanol–water partition coefficient (Wildman–Crippen LogP) is 4.55. The third-order valence-corrected chi connectivity index (χ3v) is 4.49. The summed E-state index contributed by atoms with van der Waals surface area (Å²) >= 11 is 1.54. The second kappa shape index (κ2) is 5.31. The van der Waals surface area contributed by atoms with E-state index >= 15 is 0 Å². The number of nitrogens with one attached hydrogen (secondary N) is 1. The zero-order valence-corrected chi connectivity index (χ0v) is 12.5. The molecule has 0 bridgehead atoms. The maximum absolute atomic E-state index is 12.7. The van der Waals surface area contributed by atoms with Gasteiger partial charge in [-0.1, -0.05) is 31.7 Å². The number of thioether (sulfide) groups is 1. The Morgan fingerprint density at radius 2 is 2.00 bits per heavy atom. The Bertz CT molecular complexity index is 536. The quantitative estimate of drug-likeness (QED) is 0.822. The van der Waals surface area contributed by atoms with Crippen LogP contribution in [0.15, 0.2) is 23.2 Å². The molecule has 1 N–H and O–H groups in total. The molecular formula is C14H17F3N2S. The van der Waals surface area contributed by atoms with Gasteiger partial charge in [-0.15, -0.1) is 0 Å². The van der Waals surface area contributed by atoms with Gasteiger partial charge in [0.1, 0.15) is 0 Å². The monoisotopic (exact) mass is 302 g/mol. The van der Waals surface area contributed by atoms with Crippen LogP contribution in [0.2, 0.25) is 0 Å². The molecule has 0 saturated heterocycles. The first-order chi connectivity index (χ1) is 9.17. The minimum atomic E-state index is -4.33. The van der Waals surface area contributed by atoms with Gasteiger partial charge in [0, 0.05) is 18.0 Å². The van der Waals surface area contributed by atoms with Crippen molar-refractivity contribution < 1.29 is 13.2 Å². The van der Waals surface area contributed by atoms with Gasteiger partial charge in [0.05, 0.1) is 5.56 Å². The van der Waals surface area contributed by atoms with Crippen LogP contribution >= 0.6 is 11.8 Å². The average molecular weight is 302 g/mol. The van der Waals surface area contributed by atoms with Gasteiger partial charge < -0.3 is 5.32 Å². The highest BCUT2D eigenvalue weighted by Gasteiger charge is 2.31. The molecule has 6 heteroatoms. The first-order valence-electron chi connectivity index (χ1n) is 6.29. The summed E-state index contributed by atoms with van der Waals surface area (Å²) in [5, 5.41) is 3.70. The van der Waals surface area contributed by atoms with Gasteiger partial charge in [0.2, 0.25) is 0 Å². The Hall–Kier alpha value is -1.17. The molecule has 0 radical (unpaired) electrons. The summed E-state index contributed by atoms with van der Waals surface area (Å²) in [5.74, 6) is 0.900. The summed E-state index contributed by atoms with van der Waals surface area (Å²) in [4.78, 5) is 4.40. The number of nitrogens with zero attached hydrogens (tertiary/aromatic N) is 1. The van der Waals surface area contributed by atoms with Crippen LogP contribution in [0.1, 0.15) is 25.0 Å². The Balaban J connectivity index is 2.20. The van der Waals surface area contributed by atoms with Gasteiger partial charge in [-0.2, -0.15) is 13.2 Å². The van der Waals surface area contributed by atoms with E-state index in [0.717, 1.165) is 23.4 Å². The number of hydrogen-bond donors (Lipinski definition) is 1. The first-order valence-corrected chi connectivity index (χ1v) is 7.28. The summed E-state index contributed by atoms with van der Waals surface area (Å²) in [5.41, 5.74) is 0.725. The SMILES string of the molecule is Cc1ccc(C(F)(F)F)cc1NC1=NCC(C)(C)CS1. The van der Waals surface area contributed by atoms with Crippen LogP contribution in [-0.4, -0.2) is 17.5 Å². The van der Waals surface area contributed by atoms with Gasteiger partial charge in [0.25, 0.3) is 0 Å². The Labute approximate surface area is 120 Å². The first kappa shape index (κ1) is 15.2. The number of aliphatic imine (C=N–C) groups is 1. The van der Waals surface area contributed by atoms with Crippen LogP contribution < -0.4 is 5.32 Å². The van der Waals surface area contributed by atoms with Crippen molar-refractivity contribution in [2.45, 2.75) is 26.9 Å². The van der Waals surface area contributed by atoms with Crippen molar-refractivity contribution >= 4 is 22.6 Å². The van der Waals surface area contributed by atoms with Crippen molar-refractivity contribution in [2.24, 2.45) is 10.4 Å². The summed E-state index contributed by atoms with van der Waals surface area (Å²) < 4.78 is 38.1. The molecule has 1 aliphatic heterocycles. The molecule has 1 aromatic carbocycles. The maximum Gasteiger partial charge on any atom is 0.416 e. The van der Waals surface area contributed by atoms with Crippen LogP contribution in [0.5, 0.6) is 0 Å². The molecule has 0 aromatic heterocycles. The average Bonchev–Trinajstić information content (AvgIpc) is 2.33. The number of rotatable bonds is 1. The van der Waals surface area contributed by atoms with E-state index in [-0.39, 0.29) is 5.41 Å². The van der Waals surface area contributed by atoms with Gasteiger partial charge in [-0.05, 0) is 30.0 Å². The van der Waals surface area contributed by atoms with Gasteiger partial charge in [-0.3, -0.25) is 4.99 Å². The van der Waals surface area contributed by atoms with Crippen LogP contribution in [0.25, 0.3) is 0 Å². The molecule has 1 aromatic rings. The molecule has 0 fully saturated rings. The minimum absolute atomic E-state index is 0.138. The molecule has 0 spiro atoms. The number of hydrogen-bond acceptors (Lipinski definition) is 3. The smallest absolute Gasteiger partial charge is 0.335 e. The largest absolute Gasteiger partial charge is 0.416 e. The molecule has 0 unspecified atom stereocenters. The number of amidine groups is 1. The van der Waals surface area contributed by atoms with Crippen LogP contribution in [-0.2, 0) is 6.18 Å². The topological polar surface area (TPSA) is 24.4 Å². The summed E-state index contributed by atoms with van der Waals surface area (Å²) in [7, 11) is 0. The maximum atomic E-state index is 12.7. The van der Waals surface area contributed by atoms with E-state index in [1.165, 1.54) is 6.07 Å². The highest BCUT2D eigenvalue weighted by atomic mass is 32.2. The Kier molecular flexibility index (Phi) is 4.04. The van der Waals surface area contributed by atoms with Crippen LogP contribution in [0.3, 0.4) is 0 Å². The third-order valence-electron chi connectivity index (χ3n) is 3.06. The lowest BCUT2D eigenvalue weighted by atomic mass is 9.97. The van der Waals surface area contributed by atoms with Crippen molar-refractivity contribution in [1.82, 2.24) is 0 Å². The lowest BCUT2D eigenvalue weighted by molar-refractivity contribution is -0.137. The van der Waals surface area contributed by atoms with Gasteiger partial charge in [-0.25, -0.2) is 0 Å². The molecule has 2 nitrogen and oxygen atoms in total. The van der Waals surface area contributed by atoms with E-state index in [2.05, 4.69) is 24.2 Å². The van der Waals surface area contributed by atoms with Crippen LogP contribution in [0, 0.1) is 12.3 Å². The van der Waals surface area contributed by atoms with E-state index in [9.17, 15) is 13.2 Å². The molecule has 0 atom stereocenters. The molecule has 0 saturated carbocycles. The van der Waals surface area contributed by atoms with Crippen molar-refractivity contribution in [3.8, 4) is 0 Å². The lowest BCUT2D eigenvalue weighted by Gasteiger charge is -2.27. The standard InChI is InChI=1S/C14H17F3N2S/c1-9-4-5-10(14(15,16)17)6-11(9)19-12-18-7-13(2,3)8-20-12/h4-6H,7-8H2,1-3H3,(H,18,19). The summed E-state index contributed by atoms with van der Waals surface area (Å²) in [6.45, 7) is 6.70. The summed E-state index contributed by atoms with van der Waals surface area (Å²) in [6, 6.07) is 3.71. The van der Waals surface area contributed by atoms with Crippen molar-refractivity contribution in [1.29, 1.82) is 0 Å². The molecule has 110 valence electrons. The highest BCUT2D eigenvalue weighted by Crippen LogP contribution is 2.33. The van der Waals surface area contributed by atoms with Crippen molar-refractivity contribution in [2.75, 3.05) is 17.6 Å². The van der Waals surface area contributed by atoms with E-state index in [1.54, 1.807) is 18.7 Å². The molecule has 0 aliphatic carbocycles. The molecular weight excluding hydrogens is 285 g/mol. The number of anilines is 1. The molecule has 20 heavy (non-hydrogen) atoms. The Morgan fingerprint density at radius 3 is 2.55 bits per heavy atom. The van der Waals surface area contributed by atoms with E-state index in [0.29, 0.717) is 17.4 Å². The second-order valence-electron chi connectivity index (χ2n) is 5.73. The third kappa shape index (κ3) is 3.69. The zero-order valence-electron chi connectivity index (χ0n) is 11.6. The van der Waals surface area contributed by atoms with Gasteiger partial charge in [0.15, 0.2) is 5.17 Å². The molecule has 1 aliphatic rings. The number of aryl methyl sites for hydroxylation is 1. The van der Waals surface area contributed by atoms with E-state index < -0.39 is 11.7 Å². The molecule has 2 rings (SSSR count). The number of halogens is 3. The summed E-state index contributed by atoms with van der Waals surface area (Å²) in [6.07, 6.45) is -4.33. The van der Waals surface area contributed by atoms with E-state index in [4.69, 9.17) is 0 Å². The highest BCUT2D eigenvalue weighted by molar-refractivity contribution is 8.14. The second-order valence-corrected chi connectivity index (χ2v) is 6.69. The number of benzene rings is 1. The lowest BCUT2D eigenvalue weighted by Crippen LogP contribution is -2.27. The van der Waals surface area contributed by atoms with Crippen LogP contribution in [0.4, 0.5) is 18.9 Å². The fourth-order valence-electron chi connectivity index (χ4n) is 1.76. The van der Waals surface area contributed by atoms with E-state index in [1.807, 2.05) is 0 Å². The molecule has 1 heterocycles. The van der Waals surface area contributed by atoms with Crippen molar-refractivity contribution in [3.05, 3.63) is 29.3 Å². The Morgan fingerprint density at radius 1 is 1.30 bits per heavy atom. The number of alkyl halides is 3. The predicted molar refractivity (Wildman–Crippen MR) is 78.3 cm³/mol. The zero-order chi connectivity index (χ0) is 15.0. The minimum Gasteiger partial charge on any atom is -0.335 e. The fourth-order valence-corrected chi connectivity index (χ4v) is 2.72. The molecule has 0 amide bonds. The fraction of sp³-hybridized carbons (Fsp3) is 0.500.